The molecule has 0 aliphatic heterocycles. The Morgan fingerprint density at radius 2 is 1.79 bits per heavy atom. The van der Waals surface area contributed by atoms with Crippen LogP contribution in [-0.4, -0.2) is 23.1 Å². The number of aromatic carboxylic acids is 1. The van der Waals surface area contributed by atoms with Crippen molar-refractivity contribution in [1.82, 2.24) is 0 Å². The summed E-state index contributed by atoms with van der Waals surface area (Å²) in [6.07, 6.45) is 5.91. The molecular formula is C23H29NO4. The summed E-state index contributed by atoms with van der Waals surface area (Å²) >= 11 is 0. The van der Waals surface area contributed by atoms with E-state index in [4.69, 9.17) is 9.84 Å². The van der Waals surface area contributed by atoms with Gasteiger partial charge in [-0.25, -0.2) is 4.79 Å². The standard InChI is InChI=1S/C23H29NO4/c1-4-5-6-7-8-16(2)28-20-13-14-21(22(15-20)24-17(3)25)18-9-11-19(12-10-18)23(26)27/h9-16H,4-8H2,1-3H3,(H,24,25)(H,26,27). The third-order valence-electron chi connectivity index (χ3n) is 4.55. The lowest BCUT2D eigenvalue weighted by Gasteiger charge is -2.17. The Balaban J connectivity index is 2.18. The van der Waals surface area contributed by atoms with Crippen LogP contribution < -0.4 is 10.1 Å². The van der Waals surface area contributed by atoms with E-state index in [2.05, 4.69) is 19.2 Å². The smallest absolute Gasteiger partial charge is 0.335 e. The summed E-state index contributed by atoms with van der Waals surface area (Å²) in [4.78, 5) is 22.7. The largest absolute Gasteiger partial charge is 0.491 e. The SMILES string of the molecule is CCCCCCC(C)Oc1ccc(-c2ccc(C(=O)O)cc2)c(NC(C)=O)c1. The van der Waals surface area contributed by atoms with Crippen LogP contribution in [0.2, 0.25) is 0 Å². The van der Waals surface area contributed by atoms with E-state index in [1.165, 1.54) is 26.2 Å². The number of rotatable bonds is 10. The van der Waals surface area contributed by atoms with E-state index in [1.807, 2.05) is 18.2 Å². The maximum Gasteiger partial charge on any atom is 0.335 e. The summed E-state index contributed by atoms with van der Waals surface area (Å²) in [6, 6.07) is 12.2. The van der Waals surface area contributed by atoms with Crippen molar-refractivity contribution in [3.63, 3.8) is 0 Å². The minimum Gasteiger partial charge on any atom is -0.491 e. The van der Waals surface area contributed by atoms with Crippen LogP contribution in [0.15, 0.2) is 42.5 Å². The molecule has 0 aliphatic carbocycles. The molecule has 0 fully saturated rings. The molecule has 2 rings (SSSR count). The fourth-order valence-corrected chi connectivity index (χ4v) is 3.08. The van der Waals surface area contributed by atoms with Crippen LogP contribution in [-0.2, 0) is 4.79 Å². The molecule has 0 aromatic heterocycles. The molecule has 2 aromatic rings. The molecule has 1 unspecified atom stereocenters. The van der Waals surface area contributed by atoms with E-state index in [1.54, 1.807) is 24.3 Å². The quantitative estimate of drug-likeness (QED) is 0.512. The van der Waals surface area contributed by atoms with Crippen LogP contribution >= 0.6 is 0 Å². The van der Waals surface area contributed by atoms with Gasteiger partial charge in [0.2, 0.25) is 5.91 Å². The monoisotopic (exact) mass is 383 g/mol. The Morgan fingerprint density at radius 3 is 2.39 bits per heavy atom. The Labute approximate surface area is 166 Å². The molecule has 1 atom stereocenters. The third-order valence-corrected chi connectivity index (χ3v) is 4.55. The lowest BCUT2D eigenvalue weighted by Crippen LogP contribution is -2.12. The Bertz CT molecular complexity index is 799. The molecule has 2 aromatic carbocycles. The van der Waals surface area contributed by atoms with E-state index < -0.39 is 5.97 Å². The van der Waals surface area contributed by atoms with Crippen molar-refractivity contribution in [3.8, 4) is 16.9 Å². The number of ether oxygens (including phenoxy) is 1. The number of amides is 1. The van der Waals surface area contributed by atoms with Gasteiger partial charge < -0.3 is 15.2 Å². The zero-order valence-electron chi connectivity index (χ0n) is 16.8. The van der Waals surface area contributed by atoms with Crippen LogP contribution in [0.1, 0.15) is 63.2 Å². The van der Waals surface area contributed by atoms with Crippen LogP contribution in [0.25, 0.3) is 11.1 Å². The summed E-state index contributed by atoms with van der Waals surface area (Å²) in [5.41, 5.74) is 2.51. The molecule has 28 heavy (non-hydrogen) atoms. The van der Waals surface area contributed by atoms with E-state index >= 15 is 0 Å². The second kappa shape index (κ2) is 10.5. The van der Waals surface area contributed by atoms with Gasteiger partial charge in [0.05, 0.1) is 17.4 Å². The van der Waals surface area contributed by atoms with E-state index in [9.17, 15) is 9.59 Å². The third kappa shape index (κ3) is 6.41. The van der Waals surface area contributed by atoms with Crippen molar-refractivity contribution in [2.75, 3.05) is 5.32 Å². The van der Waals surface area contributed by atoms with Crippen LogP contribution in [0.5, 0.6) is 5.75 Å². The summed E-state index contributed by atoms with van der Waals surface area (Å²) in [5, 5.41) is 11.9. The number of hydrogen-bond acceptors (Lipinski definition) is 3. The molecule has 0 bridgehead atoms. The van der Waals surface area contributed by atoms with Crippen molar-refractivity contribution in [3.05, 3.63) is 48.0 Å². The van der Waals surface area contributed by atoms with E-state index in [0.29, 0.717) is 11.4 Å². The minimum atomic E-state index is -0.967. The van der Waals surface area contributed by atoms with Crippen molar-refractivity contribution in [2.45, 2.75) is 59.0 Å². The Hall–Kier alpha value is -2.82. The van der Waals surface area contributed by atoms with Gasteiger partial charge in [0.1, 0.15) is 5.75 Å². The van der Waals surface area contributed by atoms with Gasteiger partial charge in [-0.05, 0) is 49.6 Å². The first-order chi connectivity index (χ1) is 13.4. The van der Waals surface area contributed by atoms with Gasteiger partial charge in [-0.15, -0.1) is 0 Å². The average molecular weight is 383 g/mol. The predicted molar refractivity (Wildman–Crippen MR) is 112 cm³/mol. The lowest BCUT2D eigenvalue weighted by molar-refractivity contribution is -0.114. The molecule has 0 radical (unpaired) electrons. The Kier molecular flexibility index (Phi) is 8.05. The molecule has 1 amide bonds. The summed E-state index contributed by atoms with van der Waals surface area (Å²) in [7, 11) is 0. The van der Waals surface area contributed by atoms with Gasteiger partial charge in [-0.1, -0.05) is 38.3 Å². The molecule has 0 aliphatic rings. The highest BCUT2D eigenvalue weighted by molar-refractivity contribution is 5.95. The van der Waals surface area contributed by atoms with Crippen molar-refractivity contribution < 1.29 is 19.4 Å². The molecule has 0 saturated carbocycles. The second-order valence-corrected chi connectivity index (χ2v) is 7.05. The molecule has 0 heterocycles. The maximum atomic E-state index is 11.6. The fourth-order valence-electron chi connectivity index (χ4n) is 3.08. The maximum absolute atomic E-state index is 11.6. The molecule has 0 spiro atoms. The molecule has 2 N–H and O–H groups in total. The highest BCUT2D eigenvalue weighted by atomic mass is 16.5. The van der Waals surface area contributed by atoms with Crippen LogP contribution in [0.3, 0.4) is 0 Å². The van der Waals surface area contributed by atoms with Crippen molar-refractivity contribution in [1.29, 1.82) is 0 Å². The summed E-state index contributed by atoms with van der Waals surface area (Å²) in [5.74, 6) is -0.434. The number of carboxylic acid groups (broad SMARTS) is 1. The number of nitrogens with one attached hydrogen (secondary N) is 1. The molecule has 5 nitrogen and oxygen atoms in total. The van der Waals surface area contributed by atoms with Gasteiger partial charge >= 0.3 is 5.97 Å². The second-order valence-electron chi connectivity index (χ2n) is 7.05. The molecule has 5 heteroatoms. The highest BCUT2D eigenvalue weighted by Crippen LogP contribution is 2.32. The Morgan fingerprint density at radius 1 is 1.07 bits per heavy atom. The zero-order valence-corrected chi connectivity index (χ0v) is 16.8. The van der Waals surface area contributed by atoms with Gasteiger partial charge in [-0.3, -0.25) is 4.79 Å². The van der Waals surface area contributed by atoms with Gasteiger partial charge in [-0.2, -0.15) is 0 Å². The number of benzene rings is 2. The molecular weight excluding hydrogens is 354 g/mol. The highest BCUT2D eigenvalue weighted by Gasteiger charge is 2.12. The van der Waals surface area contributed by atoms with Gasteiger partial charge in [0, 0.05) is 18.6 Å². The first-order valence-corrected chi connectivity index (χ1v) is 9.82. The first kappa shape index (κ1) is 21.5. The van der Waals surface area contributed by atoms with Crippen LogP contribution in [0.4, 0.5) is 5.69 Å². The van der Waals surface area contributed by atoms with Crippen molar-refractivity contribution in [2.24, 2.45) is 0 Å². The average Bonchev–Trinajstić information content (AvgIpc) is 2.65. The first-order valence-electron chi connectivity index (χ1n) is 9.82. The van der Waals surface area contributed by atoms with E-state index in [-0.39, 0.29) is 17.6 Å². The van der Waals surface area contributed by atoms with E-state index in [0.717, 1.165) is 24.0 Å². The van der Waals surface area contributed by atoms with Gasteiger partial charge in [0.15, 0.2) is 0 Å². The fraction of sp³-hybridized carbons (Fsp3) is 0.391. The lowest BCUT2D eigenvalue weighted by atomic mass is 10.0. The summed E-state index contributed by atoms with van der Waals surface area (Å²) < 4.78 is 6.03. The minimum absolute atomic E-state index is 0.0998. The predicted octanol–water partition coefficient (Wildman–Crippen LogP) is 5.75. The van der Waals surface area contributed by atoms with Gasteiger partial charge in [0.25, 0.3) is 0 Å². The molecule has 150 valence electrons. The topological polar surface area (TPSA) is 75.6 Å². The number of carboxylic acids is 1. The molecule has 0 saturated heterocycles. The van der Waals surface area contributed by atoms with Crippen molar-refractivity contribution >= 4 is 17.6 Å². The summed E-state index contributed by atoms with van der Waals surface area (Å²) in [6.45, 7) is 5.71. The number of hydrogen-bond donors (Lipinski definition) is 2. The van der Waals surface area contributed by atoms with Crippen LogP contribution in [0, 0.1) is 0 Å². The number of anilines is 1. The zero-order chi connectivity index (χ0) is 20.5. The normalized spacial score (nSPS) is 11.7. The number of carbonyl (C=O) groups is 2. The number of carbonyl (C=O) groups excluding carboxylic acids is 1. The number of unbranched alkanes of at least 4 members (excludes halogenated alkanes) is 3.